The van der Waals surface area contributed by atoms with Crippen molar-refractivity contribution < 1.29 is 9.90 Å². The fourth-order valence-electron chi connectivity index (χ4n) is 2.80. The van der Waals surface area contributed by atoms with E-state index in [1.165, 1.54) is 5.56 Å². The first-order valence-corrected chi connectivity index (χ1v) is 7.60. The van der Waals surface area contributed by atoms with Crippen LogP contribution in [-0.2, 0) is 6.42 Å². The Hall–Kier alpha value is -1.88. The maximum absolute atomic E-state index is 11.5. The van der Waals surface area contributed by atoms with Gasteiger partial charge in [0.25, 0.3) is 0 Å². The third-order valence-electron chi connectivity index (χ3n) is 3.66. The molecule has 1 atom stereocenters. The largest absolute Gasteiger partial charge is 0.478 e. The molecular weight excluding hydrogens is 332 g/mol. The van der Waals surface area contributed by atoms with Crippen molar-refractivity contribution in [1.82, 2.24) is 4.98 Å². The maximum atomic E-state index is 11.5. The second kappa shape index (κ2) is 5.48. The van der Waals surface area contributed by atoms with Gasteiger partial charge >= 0.3 is 5.97 Å². The van der Waals surface area contributed by atoms with Gasteiger partial charge in [-0.1, -0.05) is 25.1 Å². The minimum atomic E-state index is -0.963. The monoisotopic (exact) mass is 346 g/mol. The van der Waals surface area contributed by atoms with E-state index >= 15 is 0 Å². The van der Waals surface area contributed by atoms with Crippen molar-refractivity contribution in [1.29, 1.82) is 0 Å². The van der Waals surface area contributed by atoms with Gasteiger partial charge in [-0.3, -0.25) is 0 Å². The summed E-state index contributed by atoms with van der Waals surface area (Å²) in [5, 5.41) is 9.45. The Morgan fingerprint density at radius 2 is 2.19 bits per heavy atom. The van der Waals surface area contributed by atoms with Gasteiger partial charge in [-0.15, -0.1) is 0 Å². The van der Waals surface area contributed by atoms with Crippen molar-refractivity contribution >= 4 is 33.4 Å². The highest BCUT2D eigenvalue weighted by Gasteiger charge is 2.26. The Balaban J connectivity index is 2.15. The van der Waals surface area contributed by atoms with Gasteiger partial charge in [0.15, 0.2) is 0 Å². The summed E-state index contributed by atoms with van der Waals surface area (Å²) in [4.78, 5) is 17.9. The second-order valence-corrected chi connectivity index (χ2v) is 6.29. The van der Waals surface area contributed by atoms with Crippen molar-refractivity contribution in [3.8, 4) is 0 Å². The smallest absolute Gasteiger partial charge is 0.339 e. The van der Waals surface area contributed by atoms with E-state index in [0.717, 1.165) is 18.7 Å². The van der Waals surface area contributed by atoms with Gasteiger partial charge in [-0.25, -0.2) is 9.78 Å². The zero-order valence-electron chi connectivity index (χ0n) is 11.6. The minimum Gasteiger partial charge on any atom is -0.478 e. The topological polar surface area (TPSA) is 53.4 Å². The molecule has 108 valence electrons. The van der Waals surface area contributed by atoms with Crippen LogP contribution in [0.3, 0.4) is 0 Å². The molecule has 3 rings (SSSR count). The molecule has 0 bridgehead atoms. The van der Waals surface area contributed by atoms with Gasteiger partial charge in [0.05, 0.1) is 0 Å². The highest BCUT2D eigenvalue weighted by atomic mass is 79.9. The first-order valence-electron chi connectivity index (χ1n) is 6.80. The van der Waals surface area contributed by atoms with Crippen molar-refractivity contribution in [2.45, 2.75) is 13.3 Å². The molecule has 0 aliphatic carbocycles. The number of carbonyl (C=O) groups is 1. The fraction of sp³-hybridized carbons (Fsp3) is 0.250. The number of nitrogens with zero attached hydrogens (tertiary/aromatic N) is 2. The van der Waals surface area contributed by atoms with Crippen LogP contribution in [0, 0.1) is 5.92 Å². The number of fused-ring (bicyclic) bond motifs is 1. The Kier molecular flexibility index (Phi) is 3.68. The van der Waals surface area contributed by atoms with E-state index in [1.54, 1.807) is 12.3 Å². The van der Waals surface area contributed by atoms with Gasteiger partial charge < -0.3 is 10.0 Å². The molecule has 5 heteroatoms. The minimum absolute atomic E-state index is 0.216. The Morgan fingerprint density at radius 3 is 2.95 bits per heavy atom. The number of para-hydroxylation sites is 1. The summed E-state index contributed by atoms with van der Waals surface area (Å²) >= 11 is 3.29. The number of aromatic nitrogens is 1. The van der Waals surface area contributed by atoms with Crippen LogP contribution in [0.2, 0.25) is 0 Å². The first kappa shape index (κ1) is 14.1. The predicted molar refractivity (Wildman–Crippen MR) is 85.2 cm³/mol. The lowest BCUT2D eigenvalue weighted by Crippen LogP contribution is -2.32. The molecule has 0 amide bonds. The zero-order chi connectivity index (χ0) is 15.0. The van der Waals surface area contributed by atoms with E-state index in [4.69, 9.17) is 0 Å². The van der Waals surface area contributed by atoms with Crippen molar-refractivity contribution in [3.63, 3.8) is 0 Å². The van der Waals surface area contributed by atoms with E-state index in [2.05, 4.69) is 33.9 Å². The normalized spacial score (nSPS) is 17.4. The van der Waals surface area contributed by atoms with Crippen LogP contribution in [0.15, 0.2) is 41.0 Å². The standard InChI is InChI=1S/C16H15BrN2O2/c1-10-6-11-4-2-3-5-14(11)19(9-10)15-13(16(20)21)7-12(17)8-18-15/h2-5,7-8,10H,6,9H2,1H3,(H,20,21). The van der Waals surface area contributed by atoms with Gasteiger partial charge in [-0.05, 0) is 46.0 Å². The SMILES string of the molecule is CC1Cc2ccccc2N(c2ncc(Br)cc2C(=O)O)C1. The van der Waals surface area contributed by atoms with Gasteiger partial charge in [0.2, 0.25) is 0 Å². The maximum Gasteiger partial charge on any atom is 0.339 e. The molecule has 1 aromatic heterocycles. The molecule has 1 unspecified atom stereocenters. The number of halogens is 1. The van der Waals surface area contributed by atoms with Crippen molar-refractivity contribution in [2.75, 3.05) is 11.4 Å². The second-order valence-electron chi connectivity index (χ2n) is 5.38. The lowest BCUT2D eigenvalue weighted by molar-refractivity contribution is 0.0697. The van der Waals surface area contributed by atoms with Crippen molar-refractivity contribution in [3.05, 3.63) is 52.1 Å². The van der Waals surface area contributed by atoms with E-state index in [-0.39, 0.29) is 5.56 Å². The predicted octanol–water partition coefficient (Wildman–Crippen LogP) is 3.87. The van der Waals surface area contributed by atoms with Gasteiger partial charge in [0.1, 0.15) is 11.4 Å². The summed E-state index contributed by atoms with van der Waals surface area (Å²) in [6, 6.07) is 9.71. The molecule has 2 aromatic rings. The molecule has 21 heavy (non-hydrogen) atoms. The molecule has 1 aliphatic heterocycles. The number of hydrogen-bond acceptors (Lipinski definition) is 3. The van der Waals surface area contributed by atoms with Gasteiger partial charge in [0, 0.05) is 22.9 Å². The van der Waals surface area contributed by atoms with E-state index < -0.39 is 5.97 Å². The molecule has 0 radical (unpaired) electrons. The van der Waals surface area contributed by atoms with E-state index in [0.29, 0.717) is 16.2 Å². The quantitative estimate of drug-likeness (QED) is 0.896. The number of aromatic carboxylic acids is 1. The molecule has 0 saturated heterocycles. The summed E-state index contributed by atoms with van der Waals surface area (Å²) < 4.78 is 0.669. The molecule has 1 aliphatic rings. The first-order chi connectivity index (χ1) is 10.1. The average Bonchev–Trinajstić information content (AvgIpc) is 2.46. The molecular formula is C16H15BrN2O2. The molecule has 0 saturated carbocycles. The number of anilines is 2. The van der Waals surface area contributed by atoms with E-state index in [1.807, 2.05) is 23.1 Å². The molecule has 2 heterocycles. The number of benzene rings is 1. The fourth-order valence-corrected chi connectivity index (χ4v) is 3.13. The highest BCUT2D eigenvalue weighted by Crippen LogP contribution is 2.36. The van der Waals surface area contributed by atoms with Crippen LogP contribution >= 0.6 is 15.9 Å². The summed E-state index contributed by atoms with van der Waals surface area (Å²) in [7, 11) is 0. The average molecular weight is 347 g/mol. The van der Waals surface area contributed by atoms with Crippen LogP contribution in [0.5, 0.6) is 0 Å². The zero-order valence-corrected chi connectivity index (χ0v) is 13.2. The summed E-state index contributed by atoms with van der Waals surface area (Å²) in [6.45, 7) is 2.94. The molecule has 1 N–H and O–H groups in total. The third-order valence-corrected chi connectivity index (χ3v) is 4.10. The van der Waals surface area contributed by atoms with E-state index in [9.17, 15) is 9.90 Å². The number of carboxylic acids is 1. The Bertz CT molecular complexity index is 702. The number of pyridine rings is 1. The molecule has 4 nitrogen and oxygen atoms in total. The summed E-state index contributed by atoms with van der Waals surface area (Å²) in [5.74, 6) is -0.00815. The number of carboxylic acid groups (broad SMARTS) is 1. The number of hydrogen-bond donors (Lipinski definition) is 1. The van der Waals surface area contributed by atoms with Crippen LogP contribution < -0.4 is 4.90 Å². The number of rotatable bonds is 2. The lowest BCUT2D eigenvalue weighted by atomic mass is 9.93. The third kappa shape index (κ3) is 2.65. The van der Waals surface area contributed by atoms with Crippen LogP contribution in [-0.4, -0.2) is 22.6 Å². The Morgan fingerprint density at radius 1 is 1.43 bits per heavy atom. The molecule has 0 spiro atoms. The van der Waals surface area contributed by atoms with Crippen LogP contribution in [0.1, 0.15) is 22.8 Å². The molecule has 1 aromatic carbocycles. The van der Waals surface area contributed by atoms with Crippen molar-refractivity contribution in [2.24, 2.45) is 5.92 Å². The summed E-state index contributed by atoms with van der Waals surface area (Å²) in [5.41, 5.74) is 2.50. The van der Waals surface area contributed by atoms with Crippen LogP contribution in [0.25, 0.3) is 0 Å². The molecule has 0 fully saturated rings. The van der Waals surface area contributed by atoms with Crippen LogP contribution in [0.4, 0.5) is 11.5 Å². The summed E-state index contributed by atoms with van der Waals surface area (Å²) in [6.07, 6.45) is 2.65. The Labute approximate surface area is 131 Å². The highest BCUT2D eigenvalue weighted by molar-refractivity contribution is 9.10. The van der Waals surface area contributed by atoms with Gasteiger partial charge in [-0.2, -0.15) is 0 Å². The lowest BCUT2D eigenvalue weighted by Gasteiger charge is -2.34.